The van der Waals surface area contributed by atoms with Gasteiger partial charge in [0.1, 0.15) is 15.3 Å². The summed E-state index contributed by atoms with van der Waals surface area (Å²) in [6.45, 7) is 4.18. The average molecular weight is 288 g/mol. The van der Waals surface area contributed by atoms with Gasteiger partial charge in [-0.15, -0.1) is 0 Å². The van der Waals surface area contributed by atoms with Crippen molar-refractivity contribution in [2.24, 2.45) is 5.41 Å². The van der Waals surface area contributed by atoms with E-state index in [-0.39, 0.29) is 11.7 Å². The predicted molar refractivity (Wildman–Crippen MR) is 75.2 cm³/mol. The maximum Gasteiger partial charge on any atom is 0.240 e. The van der Waals surface area contributed by atoms with Crippen LogP contribution >= 0.6 is 0 Å². The van der Waals surface area contributed by atoms with Gasteiger partial charge in [-0.2, -0.15) is 5.26 Å². The summed E-state index contributed by atoms with van der Waals surface area (Å²) in [5.74, 6) is -0.221. The molecule has 1 amide bonds. The molecule has 0 aromatic rings. The molecule has 0 bridgehead atoms. The van der Waals surface area contributed by atoms with Gasteiger partial charge in [-0.05, 0) is 19.3 Å². The lowest BCUT2D eigenvalue weighted by Crippen LogP contribution is -2.40. The summed E-state index contributed by atoms with van der Waals surface area (Å²) in [6.07, 6.45) is 4.16. The normalized spacial score (nSPS) is 11.9. The van der Waals surface area contributed by atoms with Gasteiger partial charge in [0.25, 0.3) is 0 Å². The van der Waals surface area contributed by atoms with E-state index in [1.165, 1.54) is 6.26 Å². The van der Waals surface area contributed by atoms with Crippen LogP contribution in [-0.2, 0) is 14.6 Å². The van der Waals surface area contributed by atoms with Gasteiger partial charge in [-0.1, -0.05) is 26.7 Å². The van der Waals surface area contributed by atoms with Crippen molar-refractivity contribution in [3.05, 3.63) is 0 Å². The van der Waals surface area contributed by atoms with Crippen LogP contribution in [-0.4, -0.2) is 32.9 Å². The molecule has 0 spiro atoms. The SMILES string of the molecule is CCCC(C#N)(CCC)C(=O)NCCCS(C)(=O)=O. The molecule has 0 aromatic carbocycles. The van der Waals surface area contributed by atoms with Crippen LogP contribution in [0.1, 0.15) is 46.0 Å². The van der Waals surface area contributed by atoms with Gasteiger partial charge < -0.3 is 5.32 Å². The topological polar surface area (TPSA) is 87.0 Å². The molecule has 0 fully saturated rings. The van der Waals surface area contributed by atoms with Crippen molar-refractivity contribution in [2.75, 3.05) is 18.6 Å². The van der Waals surface area contributed by atoms with Crippen molar-refractivity contribution in [2.45, 2.75) is 46.0 Å². The minimum Gasteiger partial charge on any atom is -0.355 e. The van der Waals surface area contributed by atoms with Crippen molar-refractivity contribution in [1.82, 2.24) is 5.32 Å². The monoisotopic (exact) mass is 288 g/mol. The number of nitrogens with zero attached hydrogens (tertiary/aromatic N) is 1. The van der Waals surface area contributed by atoms with E-state index in [0.29, 0.717) is 25.8 Å². The zero-order chi connectivity index (χ0) is 14.9. The van der Waals surface area contributed by atoms with Crippen molar-refractivity contribution in [3.63, 3.8) is 0 Å². The van der Waals surface area contributed by atoms with E-state index < -0.39 is 15.3 Å². The molecule has 0 aliphatic carbocycles. The van der Waals surface area contributed by atoms with Crippen LogP contribution in [0, 0.1) is 16.7 Å². The second-order valence-corrected chi connectivity index (χ2v) is 7.19. The Bertz CT molecular complexity index is 418. The summed E-state index contributed by atoms with van der Waals surface area (Å²) in [4.78, 5) is 12.1. The van der Waals surface area contributed by atoms with E-state index in [9.17, 15) is 18.5 Å². The smallest absolute Gasteiger partial charge is 0.240 e. The first-order valence-corrected chi connectivity index (χ1v) is 8.74. The number of carbonyl (C=O) groups is 1. The summed E-state index contributed by atoms with van der Waals surface area (Å²) >= 11 is 0. The summed E-state index contributed by atoms with van der Waals surface area (Å²) in [6, 6.07) is 2.14. The number of sulfone groups is 1. The third-order valence-electron chi connectivity index (χ3n) is 2.98. The zero-order valence-corrected chi connectivity index (χ0v) is 12.8. The standard InChI is InChI=1S/C13H24N2O3S/c1-4-7-13(11-14,8-5-2)12(16)15-9-6-10-19(3,17)18/h4-10H2,1-3H3,(H,15,16). The predicted octanol–water partition coefficient (Wildman–Crippen LogP) is 1.65. The third kappa shape index (κ3) is 6.58. The van der Waals surface area contributed by atoms with Crippen LogP contribution in [0.2, 0.25) is 0 Å². The minimum absolute atomic E-state index is 0.0500. The van der Waals surface area contributed by atoms with Crippen molar-refractivity contribution < 1.29 is 13.2 Å². The second-order valence-electron chi connectivity index (χ2n) is 4.93. The Hall–Kier alpha value is -1.09. The molecule has 1 N–H and O–H groups in total. The van der Waals surface area contributed by atoms with E-state index in [1.54, 1.807) is 0 Å². The largest absolute Gasteiger partial charge is 0.355 e. The number of amides is 1. The van der Waals surface area contributed by atoms with Crippen LogP contribution in [0.15, 0.2) is 0 Å². The Labute approximate surface area is 116 Å². The number of hydrogen-bond donors (Lipinski definition) is 1. The van der Waals surface area contributed by atoms with E-state index in [2.05, 4.69) is 11.4 Å². The first-order valence-electron chi connectivity index (χ1n) is 6.68. The fourth-order valence-electron chi connectivity index (χ4n) is 2.07. The quantitative estimate of drug-likeness (QED) is 0.653. The zero-order valence-electron chi connectivity index (χ0n) is 12.0. The molecular weight excluding hydrogens is 264 g/mol. The first-order chi connectivity index (χ1) is 8.81. The molecule has 0 radical (unpaired) electrons. The molecule has 0 saturated carbocycles. The maximum absolute atomic E-state index is 12.1. The number of rotatable bonds is 9. The summed E-state index contributed by atoms with van der Waals surface area (Å²) < 4.78 is 21.9. The van der Waals surface area contributed by atoms with E-state index >= 15 is 0 Å². The van der Waals surface area contributed by atoms with E-state index in [0.717, 1.165) is 12.8 Å². The molecular formula is C13H24N2O3S. The van der Waals surface area contributed by atoms with Gasteiger partial charge in [0.05, 0.1) is 11.8 Å². The number of nitriles is 1. The highest BCUT2D eigenvalue weighted by atomic mass is 32.2. The Morgan fingerprint density at radius 3 is 2.16 bits per heavy atom. The van der Waals surface area contributed by atoms with Gasteiger partial charge in [-0.3, -0.25) is 4.79 Å². The lowest BCUT2D eigenvalue weighted by atomic mass is 9.80. The molecule has 0 unspecified atom stereocenters. The molecule has 110 valence electrons. The fraction of sp³-hybridized carbons (Fsp3) is 0.846. The third-order valence-corrected chi connectivity index (χ3v) is 4.01. The van der Waals surface area contributed by atoms with Gasteiger partial charge in [0, 0.05) is 12.8 Å². The maximum atomic E-state index is 12.1. The van der Waals surface area contributed by atoms with Crippen LogP contribution in [0.5, 0.6) is 0 Å². The van der Waals surface area contributed by atoms with Crippen LogP contribution < -0.4 is 5.32 Å². The molecule has 0 aliphatic heterocycles. The van der Waals surface area contributed by atoms with Crippen LogP contribution in [0.3, 0.4) is 0 Å². The molecule has 0 aromatic heterocycles. The van der Waals surface area contributed by atoms with E-state index in [1.807, 2.05) is 13.8 Å². The van der Waals surface area contributed by atoms with Gasteiger partial charge in [-0.25, -0.2) is 8.42 Å². The fourth-order valence-corrected chi connectivity index (χ4v) is 2.74. The molecule has 0 atom stereocenters. The summed E-state index contributed by atoms with van der Waals surface area (Å²) in [5.41, 5.74) is -0.964. The molecule has 0 aliphatic rings. The lowest BCUT2D eigenvalue weighted by molar-refractivity contribution is -0.128. The van der Waals surface area contributed by atoms with Crippen LogP contribution in [0.25, 0.3) is 0 Å². The molecule has 19 heavy (non-hydrogen) atoms. The lowest BCUT2D eigenvalue weighted by Gasteiger charge is -2.24. The highest BCUT2D eigenvalue weighted by Crippen LogP contribution is 2.29. The molecule has 0 heterocycles. The van der Waals surface area contributed by atoms with Gasteiger partial charge in [0.15, 0.2) is 0 Å². The van der Waals surface area contributed by atoms with Gasteiger partial charge in [0.2, 0.25) is 5.91 Å². The minimum atomic E-state index is -3.00. The van der Waals surface area contributed by atoms with Gasteiger partial charge >= 0.3 is 0 Å². The van der Waals surface area contributed by atoms with Crippen molar-refractivity contribution >= 4 is 15.7 Å². The average Bonchev–Trinajstić information content (AvgIpc) is 2.32. The Balaban J connectivity index is 4.46. The number of carbonyl (C=O) groups excluding carboxylic acids is 1. The van der Waals surface area contributed by atoms with Crippen molar-refractivity contribution in [3.8, 4) is 6.07 Å². The first kappa shape index (κ1) is 17.9. The van der Waals surface area contributed by atoms with Crippen LogP contribution in [0.4, 0.5) is 0 Å². The van der Waals surface area contributed by atoms with Crippen molar-refractivity contribution in [1.29, 1.82) is 5.26 Å². The summed E-state index contributed by atoms with van der Waals surface area (Å²) in [7, 11) is -3.00. The molecule has 0 saturated heterocycles. The number of hydrogen-bond acceptors (Lipinski definition) is 4. The molecule has 5 nitrogen and oxygen atoms in total. The molecule has 0 rings (SSSR count). The Morgan fingerprint density at radius 2 is 1.79 bits per heavy atom. The molecule has 6 heteroatoms. The van der Waals surface area contributed by atoms with E-state index in [4.69, 9.17) is 0 Å². The Morgan fingerprint density at radius 1 is 1.26 bits per heavy atom. The Kier molecular flexibility index (Phi) is 7.69. The number of nitrogens with one attached hydrogen (secondary N) is 1. The summed E-state index contributed by atoms with van der Waals surface area (Å²) in [5, 5.41) is 12.0. The second kappa shape index (κ2) is 8.16. The highest BCUT2D eigenvalue weighted by molar-refractivity contribution is 7.90. The highest BCUT2D eigenvalue weighted by Gasteiger charge is 2.36.